The molecule has 0 atom stereocenters. The highest BCUT2D eigenvalue weighted by Crippen LogP contribution is 2.11. The molecule has 0 unspecified atom stereocenters. The molecule has 11 heavy (non-hydrogen) atoms. The Labute approximate surface area is 63.6 Å². The molecule has 1 amide bonds. The van der Waals surface area contributed by atoms with Crippen LogP contribution in [0.2, 0.25) is 0 Å². The third-order valence-electron chi connectivity index (χ3n) is 1.10. The molecule has 1 rings (SSSR count). The fourth-order valence-electron chi connectivity index (χ4n) is 0.630. The number of rotatable bonds is 3. The van der Waals surface area contributed by atoms with Gasteiger partial charge >= 0.3 is 0 Å². The Morgan fingerprint density at radius 3 is 3.09 bits per heavy atom. The van der Waals surface area contributed by atoms with Crippen molar-refractivity contribution < 1.29 is 4.79 Å². The van der Waals surface area contributed by atoms with Crippen molar-refractivity contribution in [1.82, 2.24) is 10.4 Å². The average molecular weight is 152 g/mol. The summed E-state index contributed by atoms with van der Waals surface area (Å²) < 4.78 is 0. The summed E-state index contributed by atoms with van der Waals surface area (Å²) in [6.07, 6.45) is 2.09. The zero-order chi connectivity index (χ0) is 8.10. The van der Waals surface area contributed by atoms with E-state index in [-0.39, 0.29) is 0 Å². The number of nitrogen functional groups attached to an aromatic ring is 1. The van der Waals surface area contributed by atoms with Crippen LogP contribution in [0.5, 0.6) is 0 Å². The van der Waals surface area contributed by atoms with Crippen LogP contribution < -0.4 is 16.6 Å². The number of anilines is 2. The Morgan fingerprint density at radius 2 is 2.45 bits per heavy atom. The minimum Gasteiger partial charge on any atom is -0.382 e. The van der Waals surface area contributed by atoms with Crippen LogP contribution in [0.3, 0.4) is 0 Å². The van der Waals surface area contributed by atoms with E-state index in [2.05, 4.69) is 15.8 Å². The number of pyridine rings is 1. The molecule has 58 valence electrons. The van der Waals surface area contributed by atoms with Gasteiger partial charge in [-0.15, -0.1) is 0 Å². The normalized spacial score (nSPS) is 8.73. The second-order valence-corrected chi connectivity index (χ2v) is 1.82. The first-order chi connectivity index (χ1) is 5.34. The van der Waals surface area contributed by atoms with Gasteiger partial charge < -0.3 is 5.73 Å². The minimum absolute atomic E-state index is 0.349. The maximum atomic E-state index is 9.85. The molecule has 0 aliphatic carbocycles. The summed E-state index contributed by atoms with van der Waals surface area (Å²) in [6, 6.07) is 3.42. The van der Waals surface area contributed by atoms with Crippen molar-refractivity contribution >= 4 is 17.9 Å². The van der Waals surface area contributed by atoms with Crippen LogP contribution in [-0.4, -0.2) is 11.4 Å². The molecule has 5 heteroatoms. The summed E-state index contributed by atoms with van der Waals surface area (Å²) in [5, 5.41) is 0. The molecule has 5 nitrogen and oxygen atoms in total. The van der Waals surface area contributed by atoms with Gasteiger partial charge in [-0.1, -0.05) is 0 Å². The van der Waals surface area contributed by atoms with Gasteiger partial charge in [0.25, 0.3) is 0 Å². The molecule has 1 aromatic heterocycles. The summed E-state index contributed by atoms with van der Waals surface area (Å²) in [6.45, 7) is 0. The van der Waals surface area contributed by atoms with E-state index >= 15 is 0 Å². The largest absolute Gasteiger partial charge is 0.382 e. The Bertz CT molecular complexity index is 250. The number of hydrogen-bond acceptors (Lipinski definition) is 4. The van der Waals surface area contributed by atoms with Gasteiger partial charge in [0, 0.05) is 6.20 Å². The highest BCUT2D eigenvalue weighted by molar-refractivity contribution is 5.63. The van der Waals surface area contributed by atoms with Crippen LogP contribution >= 0.6 is 0 Å². The number of nitrogens with zero attached hydrogens (tertiary/aromatic N) is 1. The maximum absolute atomic E-state index is 9.85. The molecule has 0 aliphatic heterocycles. The summed E-state index contributed by atoms with van der Waals surface area (Å²) in [5.41, 5.74) is 10.8. The van der Waals surface area contributed by atoms with Gasteiger partial charge in [-0.2, -0.15) is 0 Å². The molecule has 0 aromatic carbocycles. The van der Waals surface area contributed by atoms with Crippen LogP contribution in [0.15, 0.2) is 18.3 Å². The van der Waals surface area contributed by atoms with E-state index in [0.717, 1.165) is 0 Å². The van der Waals surface area contributed by atoms with Crippen molar-refractivity contribution in [2.24, 2.45) is 0 Å². The molecule has 0 fully saturated rings. The predicted molar refractivity (Wildman–Crippen MR) is 41.5 cm³/mol. The first kappa shape index (κ1) is 7.33. The Hall–Kier alpha value is -1.78. The van der Waals surface area contributed by atoms with Crippen LogP contribution in [0.25, 0.3) is 0 Å². The van der Waals surface area contributed by atoms with Crippen LogP contribution in [0.1, 0.15) is 0 Å². The third kappa shape index (κ3) is 1.82. The number of nitrogens with one attached hydrogen (secondary N) is 2. The second kappa shape index (κ2) is 3.40. The lowest BCUT2D eigenvalue weighted by Gasteiger charge is -2.04. The Kier molecular flexibility index (Phi) is 2.27. The molecule has 4 N–H and O–H groups in total. The topological polar surface area (TPSA) is 80.0 Å². The molecule has 0 saturated carbocycles. The number of nitrogens with two attached hydrogens (primary N) is 1. The van der Waals surface area contributed by atoms with Crippen molar-refractivity contribution in [3.8, 4) is 0 Å². The number of hydrazine groups is 1. The average Bonchev–Trinajstić information content (AvgIpc) is 2.03. The van der Waals surface area contributed by atoms with Crippen molar-refractivity contribution in [2.45, 2.75) is 0 Å². The van der Waals surface area contributed by atoms with Gasteiger partial charge in [0.1, 0.15) is 5.82 Å². The maximum Gasteiger partial charge on any atom is 0.225 e. The van der Waals surface area contributed by atoms with Gasteiger partial charge in [-0.3, -0.25) is 15.6 Å². The SMILES string of the molecule is Nc1ncccc1NNC=O. The standard InChI is InChI=1S/C6H8N4O/c7-6-5(10-9-4-11)2-1-3-8-6/h1-4,10H,(H2,7,8)(H,9,11). The lowest BCUT2D eigenvalue weighted by molar-refractivity contribution is -0.109. The van der Waals surface area contributed by atoms with E-state index < -0.39 is 0 Å². The molecule has 1 aromatic rings. The number of amides is 1. The Morgan fingerprint density at radius 1 is 1.64 bits per heavy atom. The molecule has 0 aliphatic rings. The monoisotopic (exact) mass is 152 g/mol. The third-order valence-corrected chi connectivity index (χ3v) is 1.10. The zero-order valence-corrected chi connectivity index (χ0v) is 5.74. The van der Waals surface area contributed by atoms with Gasteiger partial charge in [-0.05, 0) is 12.1 Å². The summed E-state index contributed by atoms with van der Waals surface area (Å²) in [4.78, 5) is 13.6. The van der Waals surface area contributed by atoms with Crippen LogP contribution in [-0.2, 0) is 4.79 Å². The number of hydrogen-bond donors (Lipinski definition) is 3. The van der Waals surface area contributed by atoms with E-state index in [1.165, 1.54) is 0 Å². The summed E-state index contributed by atoms with van der Waals surface area (Å²) in [5.74, 6) is 0.349. The van der Waals surface area contributed by atoms with Gasteiger partial charge in [0.2, 0.25) is 6.41 Å². The smallest absolute Gasteiger partial charge is 0.225 e. The van der Waals surface area contributed by atoms with Crippen molar-refractivity contribution in [3.05, 3.63) is 18.3 Å². The number of carbonyl (C=O) groups is 1. The van der Waals surface area contributed by atoms with Gasteiger partial charge in [0.05, 0.1) is 5.69 Å². The second-order valence-electron chi connectivity index (χ2n) is 1.82. The van der Waals surface area contributed by atoms with E-state index in [9.17, 15) is 4.79 Å². The highest BCUT2D eigenvalue weighted by atomic mass is 16.1. The Balaban J connectivity index is 2.69. The zero-order valence-electron chi connectivity index (χ0n) is 5.74. The van der Waals surface area contributed by atoms with E-state index in [1.807, 2.05) is 0 Å². The van der Waals surface area contributed by atoms with Crippen LogP contribution in [0.4, 0.5) is 11.5 Å². The van der Waals surface area contributed by atoms with Crippen molar-refractivity contribution in [2.75, 3.05) is 11.2 Å². The van der Waals surface area contributed by atoms with Gasteiger partial charge in [0.15, 0.2) is 0 Å². The molecule has 1 heterocycles. The molecule has 0 saturated heterocycles. The lowest BCUT2D eigenvalue weighted by Crippen LogP contribution is -2.19. The van der Waals surface area contributed by atoms with E-state index in [1.54, 1.807) is 18.3 Å². The first-order valence-corrected chi connectivity index (χ1v) is 3.00. The number of aromatic nitrogens is 1. The quantitative estimate of drug-likeness (QED) is 0.411. The first-order valence-electron chi connectivity index (χ1n) is 3.00. The fraction of sp³-hybridized carbons (Fsp3) is 0. The van der Waals surface area contributed by atoms with Gasteiger partial charge in [-0.25, -0.2) is 4.98 Å². The van der Waals surface area contributed by atoms with Crippen LogP contribution in [0, 0.1) is 0 Å². The molecule has 0 bridgehead atoms. The van der Waals surface area contributed by atoms with E-state index in [4.69, 9.17) is 5.73 Å². The molecule has 0 radical (unpaired) electrons. The molecular formula is C6H8N4O. The number of carbonyl (C=O) groups excluding carboxylic acids is 1. The summed E-state index contributed by atoms with van der Waals surface area (Å²) in [7, 11) is 0. The predicted octanol–water partition coefficient (Wildman–Crippen LogP) is -0.263. The van der Waals surface area contributed by atoms with Crippen molar-refractivity contribution in [3.63, 3.8) is 0 Å². The molecule has 0 spiro atoms. The fourth-order valence-corrected chi connectivity index (χ4v) is 0.630. The van der Waals surface area contributed by atoms with Crippen molar-refractivity contribution in [1.29, 1.82) is 0 Å². The van der Waals surface area contributed by atoms with E-state index in [0.29, 0.717) is 17.9 Å². The summed E-state index contributed by atoms with van der Waals surface area (Å²) >= 11 is 0. The highest BCUT2D eigenvalue weighted by Gasteiger charge is 1.94. The lowest BCUT2D eigenvalue weighted by atomic mass is 10.4. The minimum atomic E-state index is 0.349. The molecular weight excluding hydrogens is 144 g/mol.